The Morgan fingerprint density at radius 3 is 2.89 bits per heavy atom. The Bertz CT molecular complexity index is 697. The summed E-state index contributed by atoms with van der Waals surface area (Å²) in [6.45, 7) is 4.48. The van der Waals surface area contributed by atoms with E-state index in [0.717, 1.165) is 16.6 Å². The molecule has 2 aromatic heterocycles. The Morgan fingerprint density at radius 2 is 2.22 bits per heavy atom. The summed E-state index contributed by atoms with van der Waals surface area (Å²) in [5.41, 5.74) is 0.0703. The first-order chi connectivity index (χ1) is 8.59. The molecule has 0 spiro atoms. The van der Waals surface area contributed by atoms with Crippen LogP contribution in [0.4, 0.5) is 0 Å². The van der Waals surface area contributed by atoms with Gasteiger partial charge in [0.15, 0.2) is 4.77 Å². The van der Waals surface area contributed by atoms with Crippen molar-refractivity contribution in [1.82, 2.24) is 9.55 Å². The number of hydrogen-bond donors (Lipinski definition) is 1. The summed E-state index contributed by atoms with van der Waals surface area (Å²) >= 11 is 6.91. The Hall–Kier alpha value is -0.940. The van der Waals surface area contributed by atoms with Crippen LogP contribution < -0.4 is 5.56 Å². The average Bonchev–Trinajstić information content (AvgIpc) is 2.90. The Morgan fingerprint density at radius 1 is 1.44 bits per heavy atom. The van der Waals surface area contributed by atoms with Crippen LogP contribution in [0.3, 0.4) is 0 Å². The van der Waals surface area contributed by atoms with Crippen LogP contribution in [0.5, 0.6) is 0 Å². The predicted molar refractivity (Wildman–Crippen MR) is 77.9 cm³/mol. The van der Waals surface area contributed by atoms with Gasteiger partial charge in [-0.2, -0.15) is 0 Å². The van der Waals surface area contributed by atoms with Crippen molar-refractivity contribution in [2.24, 2.45) is 11.8 Å². The summed E-state index contributed by atoms with van der Waals surface area (Å²) in [6.07, 6.45) is 2.23. The lowest BCUT2D eigenvalue weighted by molar-refractivity contribution is 0.343. The van der Waals surface area contributed by atoms with Crippen LogP contribution in [0, 0.1) is 16.6 Å². The van der Waals surface area contributed by atoms with Crippen LogP contribution in [0.2, 0.25) is 0 Å². The van der Waals surface area contributed by atoms with Gasteiger partial charge in [0, 0.05) is 6.04 Å². The van der Waals surface area contributed by atoms with Gasteiger partial charge in [-0.05, 0) is 48.3 Å². The summed E-state index contributed by atoms with van der Waals surface area (Å²) in [7, 11) is 0. The van der Waals surface area contributed by atoms with Gasteiger partial charge in [-0.15, -0.1) is 11.3 Å². The third kappa shape index (κ3) is 1.68. The van der Waals surface area contributed by atoms with Crippen molar-refractivity contribution in [3.63, 3.8) is 0 Å². The summed E-state index contributed by atoms with van der Waals surface area (Å²) in [4.78, 5) is 16.6. The Labute approximate surface area is 114 Å². The average molecular weight is 280 g/mol. The molecule has 3 unspecified atom stereocenters. The van der Waals surface area contributed by atoms with E-state index in [4.69, 9.17) is 12.2 Å². The van der Waals surface area contributed by atoms with Gasteiger partial charge in [-0.1, -0.05) is 13.8 Å². The molecule has 18 heavy (non-hydrogen) atoms. The molecule has 0 aromatic carbocycles. The second kappa shape index (κ2) is 4.31. The van der Waals surface area contributed by atoms with E-state index in [-0.39, 0.29) is 11.6 Å². The first-order valence-electron chi connectivity index (χ1n) is 6.31. The molecule has 1 aliphatic rings. The molecule has 3 atom stereocenters. The standard InChI is InChI=1S/C13H16N2OS2/c1-7-3-4-10(8(7)2)15-12(16)9-5-6-18-11(9)14-13(15)17/h5-8,10H,3-4H2,1-2H3,(H,14,17). The maximum Gasteiger partial charge on any atom is 0.263 e. The van der Waals surface area contributed by atoms with E-state index in [1.807, 2.05) is 11.4 Å². The van der Waals surface area contributed by atoms with Crippen molar-refractivity contribution < 1.29 is 0 Å². The number of fused-ring (bicyclic) bond motifs is 1. The Balaban J connectivity index is 2.23. The summed E-state index contributed by atoms with van der Waals surface area (Å²) in [5, 5.41) is 2.70. The van der Waals surface area contributed by atoms with Gasteiger partial charge in [0.05, 0.1) is 5.39 Å². The Kier molecular flexibility index (Phi) is 2.90. The second-order valence-corrected chi connectivity index (χ2v) is 6.55. The lowest BCUT2D eigenvalue weighted by Gasteiger charge is -2.20. The first kappa shape index (κ1) is 12.1. The zero-order chi connectivity index (χ0) is 12.9. The van der Waals surface area contributed by atoms with Crippen LogP contribution in [0.1, 0.15) is 32.7 Å². The van der Waals surface area contributed by atoms with Crippen LogP contribution in [-0.2, 0) is 0 Å². The van der Waals surface area contributed by atoms with Crippen LogP contribution in [0.15, 0.2) is 16.2 Å². The smallest absolute Gasteiger partial charge is 0.263 e. The number of nitrogens with zero attached hydrogens (tertiary/aromatic N) is 1. The molecule has 1 N–H and O–H groups in total. The molecule has 3 nitrogen and oxygen atoms in total. The normalized spacial score (nSPS) is 28.0. The molecular weight excluding hydrogens is 264 g/mol. The highest BCUT2D eigenvalue weighted by Gasteiger charge is 2.32. The van der Waals surface area contributed by atoms with Crippen molar-refractivity contribution in [3.8, 4) is 0 Å². The highest BCUT2D eigenvalue weighted by Crippen LogP contribution is 2.39. The fourth-order valence-electron chi connectivity index (χ4n) is 2.96. The molecule has 3 rings (SSSR count). The SMILES string of the molecule is CC1CCC(n2c(=S)[nH]c3sccc3c2=O)C1C. The number of aromatic amines is 1. The van der Waals surface area contributed by atoms with E-state index in [2.05, 4.69) is 18.8 Å². The van der Waals surface area contributed by atoms with Crippen molar-refractivity contribution in [2.45, 2.75) is 32.7 Å². The lowest BCUT2D eigenvalue weighted by atomic mass is 9.98. The molecule has 1 aliphatic carbocycles. The predicted octanol–water partition coefficient (Wildman–Crippen LogP) is 3.73. The van der Waals surface area contributed by atoms with Gasteiger partial charge in [-0.3, -0.25) is 9.36 Å². The topological polar surface area (TPSA) is 37.8 Å². The quantitative estimate of drug-likeness (QED) is 0.808. The van der Waals surface area contributed by atoms with Gasteiger partial charge in [0.25, 0.3) is 5.56 Å². The van der Waals surface area contributed by atoms with Crippen molar-refractivity contribution >= 4 is 33.8 Å². The van der Waals surface area contributed by atoms with Gasteiger partial charge in [-0.25, -0.2) is 0 Å². The molecule has 0 aliphatic heterocycles. The zero-order valence-electron chi connectivity index (χ0n) is 10.5. The van der Waals surface area contributed by atoms with E-state index in [0.29, 0.717) is 16.6 Å². The van der Waals surface area contributed by atoms with Crippen molar-refractivity contribution in [2.75, 3.05) is 0 Å². The molecule has 0 radical (unpaired) electrons. The van der Waals surface area contributed by atoms with Gasteiger partial charge in [0.2, 0.25) is 0 Å². The number of aromatic nitrogens is 2. The molecule has 5 heteroatoms. The monoisotopic (exact) mass is 280 g/mol. The van der Waals surface area contributed by atoms with E-state index < -0.39 is 0 Å². The summed E-state index contributed by atoms with van der Waals surface area (Å²) < 4.78 is 2.37. The number of hydrogen-bond acceptors (Lipinski definition) is 3. The maximum absolute atomic E-state index is 12.5. The maximum atomic E-state index is 12.5. The number of nitrogens with one attached hydrogen (secondary N) is 1. The zero-order valence-corrected chi connectivity index (χ0v) is 12.1. The molecule has 0 bridgehead atoms. The minimum Gasteiger partial charge on any atom is -0.323 e. The van der Waals surface area contributed by atoms with Gasteiger partial charge in [0.1, 0.15) is 4.83 Å². The number of rotatable bonds is 1. The molecule has 1 fully saturated rings. The fraction of sp³-hybridized carbons (Fsp3) is 0.538. The van der Waals surface area contributed by atoms with Crippen LogP contribution in [0.25, 0.3) is 10.2 Å². The number of thiophene rings is 1. The van der Waals surface area contributed by atoms with Crippen molar-refractivity contribution in [3.05, 3.63) is 26.6 Å². The third-order valence-corrected chi connectivity index (χ3v) is 5.44. The van der Waals surface area contributed by atoms with E-state index >= 15 is 0 Å². The molecular formula is C13H16N2OS2. The first-order valence-corrected chi connectivity index (χ1v) is 7.60. The molecule has 1 saturated carbocycles. The molecule has 0 amide bonds. The van der Waals surface area contributed by atoms with E-state index in [9.17, 15) is 4.79 Å². The highest BCUT2D eigenvalue weighted by molar-refractivity contribution is 7.71. The van der Waals surface area contributed by atoms with Crippen LogP contribution >= 0.6 is 23.6 Å². The van der Waals surface area contributed by atoms with Crippen molar-refractivity contribution in [1.29, 1.82) is 0 Å². The third-order valence-electron chi connectivity index (χ3n) is 4.31. The molecule has 2 aromatic rings. The highest BCUT2D eigenvalue weighted by atomic mass is 32.1. The van der Waals surface area contributed by atoms with E-state index in [1.54, 1.807) is 4.57 Å². The molecule has 96 valence electrons. The molecule has 2 heterocycles. The largest absolute Gasteiger partial charge is 0.323 e. The minimum atomic E-state index is 0.0703. The molecule has 0 saturated heterocycles. The lowest BCUT2D eigenvalue weighted by Crippen LogP contribution is -2.28. The van der Waals surface area contributed by atoms with Gasteiger partial charge >= 0.3 is 0 Å². The second-order valence-electron chi connectivity index (χ2n) is 5.25. The summed E-state index contributed by atoms with van der Waals surface area (Å²) in [6, 6.07) is 2.13. The minimum absolute atomic E-state index is 0.0703. The number of H-pyrrole nitrogens is 1. The van der Waals surface area contributed by atoms with Gasteiger partial charge < -0.3 is 4.98 Å². The summed E-state index contributed by atoms with van der Waals surface area (Å²) in [5.74, 6) is 1.17. The van der Waals surface area contributed by atoms with Crippen LogP contribution in [-0.4, -0.2) is 9.55 Å². The van der Waals surface area contributed by atoms with E-state index in [1.165, 1.54) is 17.8 Å². The fourth-order valence-corrected chi connectivity index (χ4v) is 4.12.